The second-order valence-electron chi connectivity index (χ2n) is 11.3. The minimum absolute atomic E-state index is 0.471. The lowest BCUT2D eigenvalue weighted by atomic mass is 10.0. The van der Waals surface area contributed by atoms with Crippen LogP contribution in [-0.4, -0.2) is 56.8 Å². The van der Waals surface area contributed by atoms with Crippen molar-refractivity contribution in [3.63, 3.8) is 0 Å². The van der Waals surface area contributed by atoms with E-state index in [4.69, 9.17) is 14.2 Å². The Morgan fingerprint density at radius 2 is 1.73 bits per heavy atom. The number of anilines is 1. The van der Waals surface area contributed by atoms with E-state index in [1.165, 1.54) is 24.8 Å². The highest BCUT2D eigenvalue weighted by Gasteiger charge is 2.28. The van der Waals surface area contributed by atoms with E-state index in [-0.39, 0.29) is 0 Å². The highest BCUT2D eigenvalue weighted by atomic mass is 16.5. The van der Waals surface area contributed by atoms with Crippen LogP contribution in [0.4, 0.5) is 5.69 Å². The van der Waals surface area contributed by atoms with Crippen LogP contribution in [0.2, 0.25) is 0 Å². The molecular weight excluding hydrogens is 498 g/mol. The summed E-state index contributed by atoms with van der Waals surface area (Å²) in [6.45, 7) is 20.7. The SMILES string of the molecule is C=C(Cc1ccc(CN2CC(C)CN(c3ccc(OC)c(OCCCC4CC4)c3)C2=C)c(OC)c1)N(CC)CC. The van der Waals surface area contributed by atoms with E-state index in [0.717, 1.165) is 98.1 Å². The number of ether oxygens (including phenoxy) is 3. The molecule has 1 aliphatic heterocycles. The molecule has 2 aromatic carbocycles. The van der Waals surface area contributed by atoms with Gasteiger partial charge in [-0.3, -0.25) is 0 Å². The molecule has 2 aliphatic rings. The van der Waals surface area contributed by atoms with Crippen LogP contribution in [0.15, 0.2) is 61.1 Å². The van der Waals surface area contributed by atoms with Crippen LogP contribution >= 0.6 is 0 Å². The fourth-order valence-corrected chi connectivity index (χ4v) is 5.70. The highest BCUT2D eigenvalue weighted by Crippen LogP contribution is 2.37. The van der Waals surface area contributed by atoms with E-state index >= 15 is 0 Å². The second kappa shape index (κ2) is 13.9. The van der Waals surface area contributed by atoms with Crippen LogP contribution < -0.4 is 19.1 Å². The molecule has 0 aromatic heterocycles. The van der Waals surface area contributed by atoms with Crippen LogP contribution in [0, 0.1) is 11.8 Å². The first kappa shape index (κ1) is 29.7. The number of nitrogens with zero attached hydrogens (tertiary/aromatic N) is 3. The summed E-state index contributed by atoms with van der Waals surface area (Å²) in [6.07, 6.45) is 5.93. The van der Waals surface area contributed by atoms with Gasteiger partial charge in [0, 0.05) is 62.2 Å². The van der Waals surface area contributed by atoms with E-state index in [2.05, 4.69) is 79.0 Å². The Bertz CT molecular complexity index is 1160. The molecule has 1 saturated carbocycles. The molecule has 1 saturated heterocycles. The molecule has 218 valence electrons. The number of likely N-dealkylation sites (N-methyl/N-ethyl adjacent to an activating group) is 1. The topological polar surface area (TPSA) is 37.4 Å². The summed E-state index contributed by atoms with van der Waals surface area (Å²) in [6, 6.07) is 12.8. The zero-order chi connectivity index (χ0) is 28.6. The van der Waals surface area contributed by atoms with Crippen molar-refractivity contribution in [1.29, 1.82) is 0 Å². The molecule has 0 amide bonds. The first-order valence-corrected chi connectivity index (χ1v) is 15.0. The monoisotopic (exact) mass is 547 g/mol. The van der Waals surface area contributed by atoms with Crippen molar-refractivity contribution in [2.24, 2.45) is 11.8 Å². The van der Waals surface area contributed by atoms with Gasteiger partial charge in [0.15, 0.2) is 11.5 Å². The van der Waals surface area contributed by atoms with Crippen LogP contribution in [0.25, 0.3) is 0 Å². The molecule has 0 spiro atoms. The van der Waals surface area contributed by atoms with Crippen LogP contribution in [0.5, 0.6) is 17.2 Å². The lowest BCUT2D eigenvalue weighted by molar-refractivity contribution is 0.244. The number of hydrogen-bond acceptors (Lipinski definition) is 6. The zero-order valence-electron chi connectivity index (χ0n) is 25.4. The average molecular weight is 548 g/mol. The van der Waals surface area contributed by atoms with Crippen LogP contribution in [0.1, 0.15) is 57.6 Å². The van der Waals surface area contributed by atoms with Crippen LogP contribution in [-0.2, 0) is 13.0 Å². The Hall–Kier alpha value is -3.28. The molecule has 4 rings (SSSR count). The summed E-state index contributed by atoms with van der Waals surface area (Å²) in [7, 11) is 3.46. The Kier molecular flexibility index (Phi) is 10.3. The van der Waals surface area contributed by atoms with Crippen molar-refractivity contribution in [2.75, 3.05) is 51.9 Å². The first-order valence-electron chi connectivity index (χ1n) is 15.0. The third-order valence-corrected chi connectivity index (χ3v) is 8.20. The second-order valence-corrected chi connectivity index (χ2v) is 11.3. The van der Waals surface area contributed by atoms with Crippen molar-refractivity contribution < 1.29 is 14.2 Å². The van der Waals surface area contributed by atoms with Gasteiger partial charge in [0.1, 0.15) is 11.6 Å². The summed E-state index contributed by atoms with van der Waals surface area (Å²) in [5, 5.41) is 0. The number of allylic oxidation sites excluding steroid dienone is 1. The quantitative estimate of drug-likeness (QED) is 0.221. The fraction of sp³-hybridized carbons (Fsp3) is 0.529. The van der Waals surface area contributed by atoms with Crippen molar-refractivity contribution in [3.05, 3.63) is 72.2 Å². The van der Waals surface area contributed by atoms with Crippen molar-refractivity contribution in [2.45, 2.75) is 59.4 Å². The van der Waals surface area contributed by atoms with Gasteiger partial charge >= 0.3 is 0 Å². The van der Waals surface area contributed by atoms with Gasteiger partial charge in [-0.15, -0.1) is 0 Å². The normalized spacial score (nSPS) is 17.1. The molecule has 2 aromatic rings. The summed E-state index contributed by atoms with van der Waals surface area (Å²) in [5.74, 6) is 4.87. The van der Waals surface area contributed by atoms with E-state index in [1.807, 2.05) is 6.07 Å². The van der Waals surface area contributed by atoms with Gasteiger partial charge in [0.25, 0.3) is 0 Å². The number of methoxy groups -OCH3 is 2. The molecule has 0 N–H and O–H groups in total. The Morgan fingerprint density at radius 1 is 0.975 bits per heavy atom. The summed E-state index contributed by atoms with van der Waals surface area (Å²) < 4.78 is 17.7. The minimum atomic E-state index is 0.471. The summed E-state index contributed by atoms with van der Waals surface area (Å²) in [5.41, 5.74) is 4.59. The van der Waals surface area contributed by atoms with Crippen molar-refractivity contribution in [1.82, 2.24) is 9.80 Å². The van der Waals surface area contributed by atoms with Crippen molar-refractivity contribution in [3.8, 4) is 17.2 Å². The predicted octanol–water partition coefficient (Wildman–Crippen LogP) is 7.10. The van der Waals surface area contributed by atoms with Gasteiger partial charge in [-0.05, 0) is 62.3 Å². The zero-order valence-corrected chi connectivity index (χ0v) is 25.4. The van der Waals surface area contributed by atoms with E-state index < -0.39 is 0 Å². The standard InChI is InChI=1S/C34H49N3O3/c1-8-35(9-2)26(4)19-29-14-15-30(33(20-29)39-7)24-36-22-25(3)23-37(27(36)5)31-16-17-32(38-6)34(21-31)40-18-10-11-28-12-13-28/h14-17,20-21,25,28H,4-5,8-13,18-19,22-24H2,1-3,6-7H3. The molecule has 40 heavy (non-hydrogen) atoms. The molecule has 1 heterocycles. The Labute approximate surface area is 242 Å². The number of rotatable bonds is 15. The van der Waals surface area contributed by atoms with E-state index in [0.29, 0.717) is 5.92 Å². The maximum atomic E-state index is 6.20. The Morgan fingerprint density at radius 3 is 2.40 bits per heavy atom. The third kappa shape index (κ3) is 7.47. The fourth-order valence-electron chi connectivity index (χ4n) is 5.70. The molecule has 0 bridgehead atoms. The van der Waals surface area contributed by atoms with Gasteiger partial charge in [0.2, 0.25) is 0 Å². The van der Waals surface area contributed by atoms with Gasteiger partial charge in [0.05, 0.1) is 20.8 Å². The van der Waals surface area contributed by atoms with Gasteiger partial charge in [-0.2, -0.15) is 0 Å². The average Bonchev–Trinajstić information content (AvgIpc) is 3.78. The molecule has 6 nitrogen and oxygen atoms in total. The van der Waals surface area contributed by atoms with Gasteiger partial charge < -0.3 is 28.9 Å². The molecule has 1 atom stereocenters. The Balaban J connectivity index is 1.47. The first-order chi connectivity index (χ1) is 19.4. The minimum Gasteiger partial charge on any atom is -0.496 e. The lowest BCUT2D eigenvalue weighted by Crippen LogP contribution is -2.46. The largest absolute Gasteiger partial charge is 0.496 e. The predicted molar refractivity (Wildman–Crippen MR) is 165 cm³/mol. The molecule has 0 radical (unpaired) electrons. The number of hydrogen-bond donors (Lipinski definition) is 0. The summed E-state index contributed by atoms with van der Waals surface area (Å²) >= 11 is 0. The van der Waals surface area contributed by atoms with E-state index in [1.54, 1.807) is 14.2 Å². The lowest BCUT2D eigenvalue weighted by Gasteiger charge is -2.43. The molecule has 1 unspecified atom stereocenters. The molecule has 1 aliphatic carbocycles. The van der Waals surface area contributed by atoms with Crippen LogP contribution in [0.3, 0.4) is 0 Å². The maximum Gasteiger partial charge on any atom is 0.163 e. The maximum absolute atomic E-state index is 6.20. The van der Waals surface area contributed by atoms with E-state index in [9.17, 15) is 0 Å². The summed E-state index contributed by atoms with van der Waals surface area (Å²) in [4.78, 5) is 6.97. The molecule has 2 fully saturated rings. The third-order valence-electron chi connectivity index (χ3n) is 8.20. The van der Waals surface area contributed by atoms with Crippen molar-refractivity contribution >= 4 is 5.69 Å². The van der Waals surface area contributed by atoms with Gasteiger partial charge in [-0.1, -0.05) is 45.1 Å². The van der Waals surface area contributed by atoms with Gasteiger partial charge in [-0.25, -0.2) is 0 Å². The molecule has 6 heteroatoms. The smallest absolute Gasteiger partial charge is 0.163 e. The molecular formula is C34H49N3O3. The highest BCUT2D eigenvalue weighted by molar-refractivity contribution is 5.59. The number of benzene rings is 2.